The first kappa shape index (κ1) is 16.2. The second-order valence-electron chi connectivity index (χ2n) is 5.24. The summed E-state index contributed by atoms with van der Waals surface area (Å²) in [5, 5.41) is 8.72. The summed E-state index contributed by atoms with van der Waals surface area (Å²) in [5.74, 6) is -2.23. The Labute approximate surface area is 127 Å². The Bertz CT molecular complexity index is 673. The van der Waals surface area contributed by atoms with Gasteiger partial charge in [-0.1, -0.05) is 18.5 Å². The molecule has 1 saturated carbocycles. The van der Waals surface area contributed by atoms with Gasteiger partial charge in [0, 0.05) is 11.6 Å². The molecule has 1 aliphatic carbocycles. The topological polar surface area (TPSA) is 83.5 Å². The minimum absolute atomic E-state index is 0.149. The Hall–Kier alpha value is -1.18. The summed E-state index contributed by atoms with van der Waals surface area (Å²) >= 11 is 5.67. The first-order valence-corrected chi connectivity index (χ1v) is 8.30. The van der Waals surface area contributed by atoms with Gasteiger partial charge < -0.3 is 5.11 Å². The Balaban J connectivity index is 2.28. The molecule has 0 bridgehead atoms. The number of halogens is 2. The van der Waals surface area contributed by atoms with Gasteiger partial charge in [0.15, 0.2) is 5.82 Å². The monoisotopic (exact) mass is 335 g/mol. The van der Waals surface area contributed by atoms with Gasteiger partial charge in [0.05, 0.1) is 5.56 Å². The van der Waals surface area contributed by atoms with Gasteiger partial charge in [-0.25, -0.2) is 22.3 Å². The molecular weight excluding hydrogens is 321 g/mol. The molecule has 0 aliphatic heterocycles. The van der Waals surface area contributed by atoms with Crippen molar-refractivity contribution in [2.24, 2.45) is 11.8 Å². The fourth-order valence-corrected chi connectivity index (χ4v) is 3.61. The van der Waals surface area contributed by atoms with Gasteiger partial charge in [-0.3, -0.25) is 0 Å². The maximum Gasteiger partial charge on any atom is 0.338 e. The van der Waals surface area contributed by atoms with E-state index in [0.29, 0.717) is 5.92 Å². The average molecular weight is 336 g/mol. The largest absolute Gasteiger partial charge is 0.478 e. The Morgan fingerprint density at radius 2 is 2.14 bits per heavy atom. The zero-order valence-corrected chi connectivity index (χ0v) is 12.8. The van der Waals surface area contributed by atoms with Crippen molar-refractivity contribution in [2.45, 2.75) is 24.7 Å². The molecule has 8 heteroatoms. The van der Waals surface area contributed by atoms with E-state index in [2.05, 4.69) is 4.72 Å². The van der Waals surface area contributed by atoms with E-state index >= 15 is 0 Å². The third kappa shape index (κ3) is 3.72. The molecule has 1 unspecified atom stereocenters. The van der Waals surface area contributed by atoms with E-state index < -0.39 is 32.3 Å². The number of aromatic carboxylic acids is 1. The molecule has 5 nitrogen and oxygen atoms in total. The van der Waals surface area contributed by atoms with Gasteiger partial charge >= 0.3 is 5.97 Å². The molecule has 0 radical (unpaired) electrons. The molecule has 0 spiro atoms. The van der Waals surface area contributed by atoms with E-state index in [-0.39, 0.29) is 17.5 Å². The maximum atomic E-state index is 14.0. The number of carbonyl (C=O) groups is 1. The molecule has 0 heterocycles. The van der Waals surface area contributed by atoms with Crippen LogP contribution >= 0.6 is 11.6 Å². The van der Waals surface area contributed by atoms with E-state index in [1.165, 1.54) is 0 Å². The zero-order chi connectivity index (χ0) is 15.8. The summed E-state index contributed by atoms with van der Waals surface area (Å²) in [4.78, 5) is 10.2. The molecule has 1 fully saturated rings. The van der Waals surface area contributed by atoms with Crippen molar-refractivity contribution >= 4 is 27.6 Å². The van der Waals surface area contributed by atoms with Gasteiger partial charge in [-0.15, -0.1) is 0 Å². The van der Waals surface area contributed by atoms with E-state index in [4.69, 9.17) is 16.7 Å². The van der Waals surface area contributed by atoms with Gasteiger partial charge in [-0.2, -0.15) is 0 Å². The van der Waals surface area contributed by atoms with Gasteiger partial charge in [0.25, 0.3) is 0 Å². The summed E-state index contributed by atoms with van der Waals surface area (Å²) in [7, 11) is -4.14. The third-order valence-electron chi connectivity index (χ3n) is 3.55. The van der Waals surface area contributed by atoms with E-state index in [1.54, 1.807) is 0 Å². The van der Waals surface area contributed by atoms with Gasteiger partial charge in [-0.05, 0) is 36.8 Å². The molecule has 21 heavy (non-hydrogen) atoms. The third-order valence-corrected chi connectivity index (χ3v) is 5.19. The fourth-order valence-electron chi connectivity index (χ4n) is 2.07. The number of sulfonamides is 1. The van der Waals surface area contributed by atoms with Gasteiger partial charge in [0.1, 0.15) is 4.90 Å². The fraction of sp³-hybridized carbons (Fsp3) is 0.462. The van der Waals surface area contributed by atoms with Crippen LogP contribution in [-0.4, -0.2) is 26.0 Å². The van der Waals surface area contributed by atoms with E-state index in [9.17, 15) is 17.6 Å². The Morgan fingerprint density at radius 1 is 1.52 bits per heavy atom. The highest BCUT2D eigenvalue weighted by Gasteiger charge is 2.30. The van der Waals surface area contributed by atoms with Crippen LogP contribution in [0.5, 0.6) is 0 Å². The highest BCUT2D eigenvalue weighted by Crippen LogP contribution is 2.36. The predicted molar refractivity (Wildman–Crippen MR) is 75.4 cm³/mol. The molecule has 2 N–H and O–H groups in total. The van der Waals surface area contributed by atoms with Crippen molar-refractivity contribution in [1.82, 2.24) is 4.72 Å². The molecule has 0 aromatic heterocycles. The van der Waals surface area contributed by atoms with Crippen molar-refractivity contribution in [1.29, 1.82) is 0 Å². The van der Waals surface area contributed by atoms with Crippen molar-refractivity contribution in [3.05, 3.63) is 28.5 Å². The van der Waals surface area contributed by atoms with E-state index in [1.807, 2.05) is 6.92 Å². The molecule has 0 saturated heterocycles. The molecule has 1 aromatic rings. The highest BCUT2D eigenvalue weighted by molar-refractivity contribution is 7.89. The lowest BCUT2D eigenvalue weighted by Gasteiger charge is -2.13. The number of rotatable bonds is 6. The number of hydrogen-bond acceptors (Lipinski definition) is 3. The van der Waals surface area contributed by atoms with Crippen LogP contribution in [0.1, 0.15) is 30.1 Å². The second kappa shape index (κ2) is 5.90. The predicted octanol–water partition coefficient (Wildman–Crippen LogP) is 2.50. The summed E-state index contributed by atoms with van der Waals surface area (Å²) in [6.45, 7) is 2.10. The summed E-state index contributed by atoms with van der Waals surface area (Å²) in [6.07, 6.45) is 2.13. The molecule has 116 valence electrons. The number of hydrogen-bond donors (Lipinski definition) is 2. The smallest absolute Gasteiger partial charge is 0.338 e. The quantitative estimate of drug-likeness (QED) is 0.836. The Morgan fingerprint density at radius 3 is 2.67 bits per heavy atom. The van der Waals surface area contributed by atoms with Gasteiger partial charge in [0.2, 0.25) is 10.0 Å². The first-order chi connectivity index (χ1) is 9.72. The van der Waals surface area contributed by atoms with Crippen LogP contribution in [0.2, 0.25) is 5.02 Å². The maximum absolute atomic E-state index is 14.0. The van der Waals surface area contributed by atoms with Crippen LogP contribution in [0.15, 0.2) is 17.0 Å². The Kier molecular flexibility index (Phi) is 4.55. The average Bonchev–Trinajstić information content (AvgIpc) is 3.22. The lowest BCUT2D eigenvalue weighted by atomic mass is 10.1. The van der Waals surface area contributed by atoms with Crippen molar-refractivity contribution in [2.75, 3.05) is 6.54 Å². The minimum atomic E-state index is -4.14. The zero-order valence-electron chi connectivity index (χ0n) is 11.3. The summed E-state index contributed by atoms with van der Waals surface area (Å²) in [5.41, 5.74) is -0.766. The number of carboxylic acid groups (broad SMARTS) is 1. The van der Waals surface area contributed by atoms with Crippen LogP contribution in [0, 0.1) is 17.7 Å². The number of carboxylic acids is 1. The van der Waals surface area contributed by atoms with E-state index in [0.717, 1.165) is 25.0 Å². The highest BCUT2D eigenvalue weighted by atomic mass is 35.5. The van der Waals surface area contributed by atoms with Crippen LogP contribution in [0.3, 0.4) is 0 Å². The molecule has 1 aliphatic rings. The SMILES string of the molecule is CC(CNS(=O)(=O)c1cc(Cl)cc(C(=O)O)c1F)C1CC1. The molecule has 0 amide bonds. The molecular formula is C13H15ClFNO4S. The standard InChI is InChI=1S/C13H15ClFNO4S/c1-7(8-2-3-8)6-16-21(19,20)11-5-9(14)4-10(12(11)15)13(17)18/h4-5,7-8,16H,2-3,6H2,1H3,(H,17,18). The van der Waals surface area contributed by atoms with Crippen LogP contribution < -0.4 is 4.72 Å². The van der Waals surface area contributed by atoms with Crippen molar-refractivity contribution in [3.8, 4) is 0 Å². The second-order valence-corrected chi connectivity index (χ2v) is 7.41. The number of nitrogens with one attached hydrogen (secondary N) is 1. The molecule has 1 atom stereocenters. The van der Waals surface area contributed by atoms with Crippen LogP contribution in [-0.2, 0) is 10.0 Å². The van der Waals surface area contributed by atoms with Crippen LogP contribution in [0.4, 0.5) is 4.39 Å². The minimum Gasteiger partial charge on any atom is -0.478 e. The lowest BCUT2D eigenvalue weighted by molar-refractivity contribution is 0.0691. The molecule has 1 aromatic carbocycles. The van der Waals surface area contributed by atoms with Crippen LogP contribution in [0.25, 0.3) is 0 Å². The normalized spacial score (nSPS) is 16.7. The number of benzene rings is 1. The van der Waals surface area contributed by atoms with Crippen molar-refractivity contribution in [3.63, 3.8) is 0 Å². The lowest BCUT2D eigenvalue weighted by Crippen LogP contribution is -2.30. The first-order valence-electron chi connectivity index (χ1n) is 6.44. The summed E-state index contributed by atoms with van der Waals surface area (Å²) in [6, 6.07) is 1.79. The molecule has 2 rings (SSSR count). The van der Waals surface area contributed by atoms with Crippen molar-refractivity contribution < 1.29 is 22.7 Å². The summed E-state index contributed by atoms with van der Waals surface area (Å²) < 4.78 is 40.6.